The van der Waals surface area contributed by atoms with E-state index in [1.807, 2.05) is 6.92 Å². The van der Waals surface area contributed by atoms with Gasteiger partial charge in [-0.05, 0) is 18.6 Å². The highest BCUT2D eigenvalue weighted by molar-refractivity contribution is 5.90. The van der Waals surface area contributed by atoms with Gasteiger partial charge in [-0.2, -0.15) is 0 Å². The SMILES string of the molecule is CCCOC(=O)c1cccc(N)c1F. The van der Waals surface area contributed by atoms with E-state index in [-0.39, 0.29) is 17.9 Å². The first-order valence-electron chi connectivity index (χ1n) is 4.38. The first-order chi connectivity index (χ1) is 6.66. The van der Waals surface area contributed by atoms with Gasteiger partial charge in [0.05, 0.1) is 17.9 Å². The average Bonchev–Trinajstić information content (AvgIpc) is 2.18. The van der Waals surface area contributed by atoms with Crippen molar-refractivity contribution in [1.82, 2.24) is 0 Å². The summed E-state index contributed by atoms with van der Waals surface area (Å²) in [6.07, 6.45) is 0.704. The molecule has 0 heterocycles. The predicted molar refractivity (Wildman–Crippen MR) is 51.4 cm³/mol. The van der Waals surface area contributed by atoms with Gasteiger partial charge in [0, 0.05) is 0 Å². The van der Waals surface area contributed by atoms with Crippen molar-refractivity contribution in [2.24, 2.45) is 0 Å². The third-order valence-electron chi connectivity index (χ3n) is 1.69. The molecule has 76 valence electrons. The lowest BCUT2D eigenvalue weighted by molar-refractivity contribution is 0.0500. The Bertz CT molecular complexity index is 339. The summed E-state index contributed by atoms with van der Waals surface area (Å²) in [5.41, 5.74) is 5.15. The lowest BCUT2D eigenvalue weighted by atomic mass is 10.2. The summed E-state index contributed by atoms with van der Waals surface area (Å²) < 4.78 is 18.0. The zero-order valence-electron chi connectivity index (χ0n) is 7.92. The maximum Gasteiger partial charge on any atom is 0.341 e. The Morgan fingerprint density at radius 1 is 1.57 bits per heavy atom. The Balaban J connectivity index is 2.84. The molecule has 1 rings (SSSR count). The van der Waals surface area contributed by atoms with Crippen LogP contribution in [0.3, 0.4) is 0 Å². The van der Waals surface area contributed by atoms with Crippen molar-refractivity contribution in [3.05, 3.63) is 29.6 Å². The molecule has 0 radical (unpaired) electrons. The summed E-state index contributed by atoms with van der Waals surface area (Å²) in [7, 11) is 0. The highest BCUT2D eigenvalue weighted by Gasteiger charge is 2.14. The van der Waals surface area contributed by atoms with Gasteiger partial charge in [-0.1, -0.05) is 13.0 Å². The number of nitrogen functional groups attached to an aromatic ring is 1. The second-order valence-electron chi connectivity index (χ2n) is 2.84. The van der Waals surface area contributed by atoms with E-state index in [1.165, 1.54) is 18.2 Å². The van der Waals surface area contributed by atoms with E-state index in [0.717, 1.165) is 0 Å². The molecule has 3 nitrogen and oxygen atoms in total. The average molecular weight is 197 g/mol. The minimum atomic E-state index is -0.714. The molecule has 2 N–H and O–H groups in total. The number of hydrogen-bond donors (Lipinski definition) is 1. The molecule has 0 saturated carbocycles. The lowest BCUT2D eigenvalue weighted by Crippen LogP contribution is -2.09. The number of hydrogen-bond acceptors (Lipinski definition) is 3. The van der Waals surface area contributed by atoms with Crippen LogP contribution in [0, 0.1) is 5.82 Å². The third kappa shape index (κ3) is 2.22. The number of carbonyl (C=O) groups is 1. The summed E-state index contributed by atoms with van der Waals surface area (Å²) in [6.45, 7) is 2.15. The van der Waals surface area contributed by atoms with Crippen molar-refractivity contribution in [3.63, 3.8) is 0 Å². The third-order valence-corrected chi connectivity index (χ3v) is 1.69. The zero-order valence-corrected chi connectivity index (χ0v) is 7.92. The molecule has 0 aromatic heterocycles. The van der Waals surface area contributed by atoms with Crippen LogP contribution in [0.1, 0.15) is 23.7 Å². The summed E-state index contributed by atoms with van der Waals surface area (Å²) in [6, 6.07) is 4.26. The molecule has 14 heavy (non-hydrogen) atoms. The Morgan fingerprint density at radius 3 is 2.93 bits per heavy atom. The summed E-state index contributed by atoms with van der Waals surface area (Å²) in [5.74, 6) is -1.38. The summed E-state index contributed by atoms with van der Waals surface area (Å²) in [5, 5.41) is 0. The van der Waals surface area contributed by atoms with Gasteiger partial charge >= 0.3 is 5.97 Å². The smallest absolute Gasteiger partial charge is 0.341 e. The van der Waals surface area contributed by atoms with Gasteiger partial charge in [0.25, 0.3) is 0 Å². The summed E-state index contributed by atoms with van der Waals surface area (Å²) >= 11 is 0. The van der Waals surface area contributed by atoms with Gasteiger partial charge < -0.3 is 10.5 Å². The number of ether oxygens (including phenoxy) is 1. The molecule has 0 aliphatic rings. The number of rotatable bonds is 3. The molecular weight excluding hydrogens is 185 g/mol. The van der Waals surface area contributed by atoms with Gasteiger partial charge in [-0.15, -0.1) is 0 Å². The molecule has 0 amide bonds. The molecule has 0 atom stereocenters. The molecule has 1 aromatic carbocycles. The highest BCUT2D eigenvalue weighted by Crippen LogP contribution is 2.15. The zero-order chi connectivity index (χ0) is 10.6. The Kier molecular flexibility index (Phi) is 3.45. The molecule has 0 fully saturated rings. The first-order valence-corrected chi connectivity index (χ1v) is 4.38. The topological polar surface area (TPSA) is 52.3 Å². The fourth-order valence-electron chi connectivity index (χ4n) is 0.980. The van der Waals surface area contributed by atoms with E-state index in [2.05, 4.69) is 0 Å². The van der Waals surface area contributed by atoms with E-state index < -0.39 is 11.8 Å². The van der Waals surface area contributed by atoms with Crippen LogP contribution in [-0.4, -0.2) is 12.6 Å². The van der Waals surface area contributed by atoms with Crippen molar-refractivity contribution < 1.29 is 13.9 Å². The van der Waals surface area contributed by atoms with Crippen LogP contribution in [0.5, 0.6) is 0 Å². The second-order valence-corrected chi connectivity index (χ2v) is 2.84. The molecule has 0 unspecified atom stereocenters. The fraction of sp³-hybridized carbons (Fsp3) is 0.300. The quantitative estimate of drug-likeness (QED) is 0.595. The van der Waals surface area contributed by atoms with Crippen LogP contribution >= 0.6 is 0 Å². The van der Waals surface area contributed by atoms with Gasteiger partial charge in [0.15, 0.2) is 5.82 Å². The van der Waals surface area contributed by atoms with E-state index >= 15 is 0 Å². The first kappa shape index (κ1) is 10.5. The summed E-state index contributed by atoms with van der Waals surface area (Å²) in [4.78, 5) is 11.3. The van der Waals surface area contributed by atoms with Gasteiger partial charge in [0.2, 0.25) is 0 Å². The molecule has 0 aliphatic heterocycles. The van der Waals surface area contributed by atoms with Crippen LogP contribution < -0.4 is 5.73 Å². The highest BCUT2D eigenvalue weighted by atomic mass is 19.1. The molecule has 1 aromatic rings. The van der Waals surface area contributed by atoms with Crippen LogP contribution in [0.2, 0.25) is 0 Å². The second kappa shape index (κ2) is 4.60. The predicted octanol–water partition coefficient (Wildman–Crippen LogP) is 1.97. The number of anilines is 1. The van der Waals surface area contributed by atoms with Gasteiger partial charge in [-0.25, -0.2) is 9.18 Å². The van der Waals surface area contributed by atoms with Crippen molar-refractivity contribution in [2.45, 2.75) is 13.3 Å². The largest absolute Gasteiger partial charge is 0.462 e. The number of benzene rings is 1. The van der Waals surface area contributed by atoms with E-state index in [1.54, 1.807) is 0 Å². The monoisotopic (exact) mass is 197 g/mol. The number of halogens is 1. The van der Waals surface area contributed by atoms with Crippen molar-refractivity contribution in [3.8, 4) is 0 Å². The Morgan fingerprint density at radius 2 is 2.29 bits per heavy atom. The van der Waals surface area contributed by atoms with Crippen molar-refractivity contribution in [2.75, 3.05) is 12.3 Å². The van der Waals surface area contributed by atoms with E-state index in [9.17, 15) is 9.18 Å². The number of carbonyl (C=O) groups excluding carboxylic acids is 1. The fourth-order valence-corrected chi connectivity index (χ4v) is 0.980. The molecule has 0 aliphatic carbocycles. The molecule has 0 spiro atoms. The van der Waals surface area contributed by atoms with Crippen molar-refractivity contribution >= 4 is 11.7 Å². The van der Waals surface area contributed by atoms with E-state index in [0.29, 0.717) is 6.42 Å². The lowest BCUT2D eigenvalue weighted by Gasteiger charge is -2.05. The molecule has 0 bridgehead atoms. The minimum Gasteiger partial charge on any atom is -0.462 e. The van der Waals surface area contributed by atoms with Crippen LogP contribution in [0.25, 0.3) is 0 Å². The van der Waals surface area contributed by atoms with Crippen LogP contribution in [0.4, 0.5) is 10.1 Å². The molecular formula is C10H12FNO2. The van der Waals surface area contributed by atoms with Gasteiger partial charge in [0.1, 0.15) is 0 Å². The molecule has 0 saturated heterocycles. The standard InChI is InChI=1S/C10H12FNO2/c1-2-6-14-10(13)7-4-3-5-8(12)9(7)11/h3-5H,2,6,12H2,1H3. The van der Waals surface area contributed by atoms with Crippen molar-refractivity contribution in [1.29, 1.82) is 0 Å². The number of nitrogens with two attached hydrogens (primary N) is 1. The van der Waals surface area contributed by atoms with Crippen LogP contribution in [0.15, 0.2) is 18.2 Å². The number of esters is 1. The maximum atomic E-state index is 13.3. The normalized spacial score (nSPS) is 9.86. The van der Waals surface area contributed by atoms with E-state index in [4.69, 9.17) is 10.5 Å². The maximum absolute atomic E-state index is 13.3. The molecule has 4 heteroatoms. The van der Waals surface area contributed by atoms with Crippen LogP contribution in [-0.2, 0) is 4.74 Å². The van der Waals surface area contributed by atoms with Gasteiger partial charge in [-0.3, -0.25) is 0 Å². The Labute approximate surface area is 81.7 Å². The minimum absolute atomic E-state index is 0.0454. The Hall–Kier alpha value is -1.58.